The molecule has 0 fully saturated rings. The van der Waals surface area contributed by atoms with Crippen molar-refractivity contribution in [2.75, 3.05) is 4.90 Å². The van der Waals surface area contributed by atoms with Crippen LogP contribution in [-0.4, -0.2) is 11.2 Å². The highest BCUT2D eigenvalue weighted by Crippen LogP contribution is 2.27. The normalized spacial score (nSPS) is 10.3. The Morgan fingerprint density at radius 1 is 1.20 bits per heavy atom. The summed E-state index contributed by atoms with van der Waals surface area (Å²) in [4.78, 5) is 12.2. The second kappa shape index (κ2) is 5.88. The molecule has 104 valence electrons. The van der Waals surface area contributed by atoms with Crippen molar-refractivity contribution in [3.63, 3.8) is 0 Å². The van der Waals surface area contributed by atoms with Crippen molar-refractivity contribution in [1.29, 1.82) is 0 Å². The summed E-state index contributed by atoms with van der Waals surface area (Å²) in [5, 5.41) is 9.44. The number of halogens is 3. The van der Waals surface area contributed by atoms with Gasteiger partial charge in [-0.3, -0.25) is 4.90 Å². The summed E-state index contributed by atoms with van der Waals surface area (Å²) in [5.74, 6) is -1.31. The van der Waals surface area contributed by atoms with Gasteiger partial charge in [-0.2, -0.15) is 0 Å². The van der Waals surface area contributed by atoms with Crippen LogP contribution in [0.3, 0.4) is 0 Å². The molecule has 0 spiro atoms. The van der Waals surface area contributed by atoms with E-state index in [1.54, 1.807) is 12.1 Å². The standard InChI is InChI=1S/C14H10ClF2NO2/c15-11-3-1-2-4-13(11)18(14(19)20)8-9-7-10(16)5-6-12(9)17/h1-7H,8H2,(H,19,20). The average Bonchev–Trinajstić information content (AvgIpc) is 2.40. The highest BCUT2D eigenvalue weighted by Gasteiger charge is 2.19. The molecule has 20 heavy (non-hydrogen) atoms. The first-order valence-electron chi connectivity index (χ1n) is 5.68. The monoisotopic (exact) mass is 297 g/mol. The van der Waals surface area contributed by atoms with Crippen molar-refractivity contribution in [3.8, 4) is 0 Å². The molecule has 0 atom stereocenters. The number of amides is 1. The largest absolute Gasteiger partial charge is 0.465 e. The second-order valence-corrected chi connectivity index (χ2v) is 4.46. The quantitative estimate of drug-likeness (QED) is 0.917. The fourth-order valence-electron chi connectivity index (χ4n) is 1.76. The first-order valence-corrected chi connectivity index (χ1v) is 6.06. The van der Waals surface area contributed by atoms with Crippen LogP contribution in [0.25, 0.3) is 0 Å². The van der Waals surface area contributed by atoms with Gasteiger partial charge in [0.1, 0.15) is 11.6 Å². The van der Waals surface area contributed by atoms with Crippen LogP contribution in [0.1, 0.15) is 5.56 Å². The summed E-state index contributed by atoms with van der Waals surface area (Å²) in [7, 11) is 0. The van der Waals surface area contributed by atoms with Crippen LogP contribution in [0, 0.1) is 11.6 Å². The summed E-state index contributed by atoms with van der Waals surface area (Å²) in [6.07, 6.45) is -1.30. The molecule has 0 aliphatic carbocycles. The maximum atomic E-state index is 13.6. The zero-order valence-electron chi connectivity index (χ0n) is 10.2. The predicted molar refractivity (Wildman–Crippen MR) is 72.0 cm³/mol. The van der Waals surface area contributed by atoms with Gasteiger partial charge in [0.2, 0.25) is 0 Å². The van der Waals surface area contributed by atoms with Gasteiger partial charge in [-0.15, -0.1) is 0 Å². The molecule has 0 saturated carbocycles. The van der Waals surface area contributed by atoms with Crippen molar-refractivity contribution >= 4 is 23.4 Å². The van der Waals surface area contributed by atoms with Crippen LogP contribution in [0.4, 0.5) is 19.3 Å². The van der Waals surface area contributed by atoms with Gasteiger partial charge in [0.15, 0.2) is 0 Å². The number of hydrogen-bond acceptors (Lipinski definition) is 1. The van der Waals surface area contributed by atoms with Gasteiger partial charge in [-0.05, 0) is 30.3 Å². The molecule has 0 unspecified atom stereocenters. The molecule has 6 heteroatoms. The molecule has 2 rings (SSSR count). The third-order valence-corrected chi connectivity index (χ3v) is 3.03. The number of rotatable bonds is 3. The van der Waals surface area contributed by atoms with E-state index < -0.39 is 17.7 Å². The summed E-state index contributed by atoms with van der Waals surface area (Å²) in [6.45, 7) is -0.331. The van der Waals surface area contributed by atoms with Gasteiger partial charge in [0.05, 0.1) is 17.3 Å². The van der Waals surface area contributed by atoms with E-state index in [1.165, 1.54) is 12.1 Å². The highest BCUT2D eigenvalue weighted by atomic mass is 35.5. The van der Waals surface area contributed by atoms with Crippen LogP contribution in [0.15, 0.2) is 42.5 Å². The summed E-state index contributed by atoms with van der Waals surface area (Å²) < 4.78 is 26.7. The Balaban J connectivity index is 2.38. The lowest BCUT2D eigenvalue weighted by molar-refractivity contribution is 0.201. The number of para-hydroxylation sites is 1. The molecule has 2 aromatic rings. The summed E-state index contributed by atoms with van der Waals surface area (Å²) in [6, 6.07) is 9.16. The second-order valence-electron chi connectivity index (χ2n) is 4.06. The summed E-state index contributed by atoms with van der Waals surface area (Å²) in [5.41, 5.74) is 0.151. The smallest absolute Gasteiger partial charge is 0.412 e. The van der Waals surface area contributed by atoms with Crippen LogP contribution in [0.2, 0.25) is 5.02 Å². The van der Waals surface area contributed by atoms with Crippen molar-refractivity contribution in [3.05, 3.63) is 64.7 Å². The van der Waals surface area contributed by atoms with E-state index in [1.807, 2.05) is 0 Å². The van der Waals surface area contributed by atoms with Gasteiger partial charge in [0, 0.05) is 5.56 Å². The van der Waals surface area contributed by atoms with Crippen molar-refractivity contribution in [1.82, 2.24) is 0 Å². The molecule has 0 bridgehead atoms. The first-order chi connectivity index (χ1) is 9.49. The third-order valence-electron chi connectivity index (χ3n) is 2.71. The molecule has 0 saturated heterocycles. The Morgan fingerprint density at radius 3 is 2.55 bits per heavy atom. The number of nitrogens with zero attached hydrogens (tertiary/aromatic N) is 1. The molecule has 1 N–H and O–H groups in total. The van der Waals surface area contributed by atoms with Crippen molar-refractivity contribution in [2.45, 2.75) is 6.54 Å². The zero-order chi connectivity index (χ0) is 14.7. The first kappa shape index (κ1) is 14.3. The highest BCUT2D eigenvalue weighted by molar-refractivity contribution is 6.33. The molecule has 0 aliphatic rings. The molecule has 0 heterocycles. The SMILES string of the molecule is O=C(O)N(Cc1cc(F)ccc1F)c1ccccc1Cl. The summed E-state index contributed by atoms with van der Waals surface area (Å²) >= 11 is 5.93. The van der Waals surface area contributed by atoms with E-state index >= 15 is 0 Å². The molecular formula is C14H10ClF2NO2. The minimum atomic E-state index is -1.30. The Hall–Kier alpha value is -2.14. The van der Waals surface area contributed by atoms with E-state index in [-0.39, 0.29) is 22.8 Å². The molecule has 0 aromatic heterocycles. The van der Waals surface area contributed by atoms with Crippen LogP contribution in [0.5, 0.6) is 0 Å². The van der Waals surface area contributed by atoms with E-state index in [2.05, 4.69) is 0 Å². The number of carboxylic acid groups (broad SMARTS) is 1. The van der Waals surface area contributed by atoms with Gasteiger partial charge in [0.25, 0.3) is 0 Å². The molecule has 0 radical (unpaired) electrons. The van der Waals surface area contributed by atoms with Gasteiger partial charge in [-0.25, -0.2) is 13.6 Å². The maximum Gasteiger partial charge on any atom is 0.412 e. The molecule has 2 aromatic carbocycles. The number of hydrogen-bond donors (Lipinski definition) is 1. The van der Waals surface area contributed by atoms with Gasteiger partial charge in [-0.1, -0.05) is 23.7 Å². The number of anilines is 1. The lowest BCUT2D eigenvalue weighted by atomic mass is 10.2. The Bertz CT molecular complexity index is 649. The fraction of sp³-hybridized carbons (Fsp3) is 0.0714. The minimum Gasteiger partial charge on any atom is -0.465 e. The molecule has 0 aliphatic heterocycles. The molecular weight excluding hydrogens is 288 g/mol. The van der Waals surface area contributed by atoms with Gasteiger partial charge >= 0.3 is 6.09 Å². The maximum absolute atomic E-state index is 13.6. The minimum absolute atomic E-state index is 0.0627. The van der Waals surface area contributed by atoms with Crippen molar-refractivity contribution in [2.24, 2.45) is 0 Å². The van der Waals surface area contributed by atoms with E-state index in [0.29, 0.717) is 0 Å². The third kappa shape index (κ3) is 3.05. The van der Waals surface area contributed by atoms with Gasteiger partial charge < -0.3 is 5.11 Å². The zero-order valence-corrected chi connectivity index (χ0v) is 10.9. The van der Waals surface area contributed by atoms with Crippen LogP contribution in [-0.2, 0) is 6.54 Å². The fourth-order valence-corrected chi connectivity index (χ4v) is 2.00. The predicted octanol–water partition coefficient (Wildman–Crippen LogP) is 4.30. The Labute approximate surface area is 119 Å². The average molecular weight is 298 g/mol. The Kier molecular flexibility index (Phi) is 4.20. The lowest BCUT2D eigenvalue weighted by Gasteiger charge is -2.20. The number of carbonyl (C=O) groups is 1. The van der Waals surface area contributed by atoms with E-state index in [9.17, 15) is 18.7 Å². The topological polar surface area (TPSA) is 40.5 Å². The van der Waals surface area contributed by atoms with E-state index in [0.717, 1.165) is 23.1 Å². The van der Waals surface area contributed by atoms with E-state index in [4.69, 9.17) is 11.6 Å². The molecule has 1 amide bonds. The number of benzene rings is 2. The Morgan fingerprint density at radius 2 is 1.90 bits per heavy atom. The molecule has 3 nitrogen and oxygen atoms in total. The lowest BCUT2D eigenvalue weighted by Crippen LogP contribution is -2.29. The van der Waals surface area contributed by atoms with Crippen molar-refractivity contribution < 1.29 is 18.7 Å². The van der Waals surface area contributed by atoms with Crippen LogP contribution < -0.4 is 4.90 Å². The van der Waals surface area contributed by atoms with Crippen LogP contribution >= 0.6 is 11.6 Å².